The molecule has 1 aromatic heterocycles. The Kier molecular flexibility index (Phi) is 4.44. The maximum Gasteiger partial charge on any atom is 0.356 e. The third-order valence-corrected chi connectivity index (χ3v) is 1.80. The summed E-state index contributed by atoms with van der Waals surface area (Å²) in [7, 11) is 0. The smallest absolute Gasteiger partial charge is 0.356 e. The van der Waals surface area contributed by atoms with Crippen molar-refractivity contribution in [2.45, 2.75) is 13.8 Å². The minimum atomic E-state index is -0.520. The lowest BCUT2D eigenvalue weighted by Gasteiger charge is -2.04. The Morgan fingerprint density at radius 3 is 2.62 bits per heavy atom. The van der Waals surface area contributed by atoms with E-state index < -0.39 is 5.97 Å². The first-order valence-electron chi connectivity index (χ1n) is 5.11. The van der Waals surface area contributed by atoms with E-state index in [4.69, 9.17) is 4.74 Å². The lowest BCUT2D eigenvalue weighted by atomic mass is 10.3. The van der Waals surface area contributed by atoms with Crippen molar-refractivity contribution in [1.82, 2.24) is 10.3 Å². The Morgan fingerprint density at radius 1 is 1.31 bits per heavy atom. The predicted molar refractivity (Wildman–Crippen MR) is 58.2 cm³/mol. The Bertz CT molecular complexity index is 357. The van der Waals surface area contributed by atoms with E-state index in [1.54, 1.807) is 19.1 Å². The average Bonchev–Trinajstić information content (AvgIpc) is 2.30. The van der Waals surface area contributed by atoms with Crippen molar-refractivity contribution in [3.63, 3.8) is 0 Å². The number of pyridine rings is 1. The molecule has 1 aromatic rings. The molecular formula is C11H14N2O3. The van der Waals surface area contributed by atoms with Crippen molar-refractivity contribution in [2.75, 3.05) is 13.2 Å². The molecule has 5 nitrogen and oxygen atoms in total. The van der Waals surface area contributed by atoms with Crippen LogP contribution in [0.3, 0.4) is 0 Å². The second-order valence-electron chi connectivity index (χ2n) is 2.99. The van der Waals surface area contributed by atoms with E-state index in [1.165, 1.54) is 6.07 Å². The summed E-state index contributed by atoms with van der Waals surface area (Å²) in [6.07, 6.45) is 0. The molecule has 0 unspecified atom stereocenters. The van der Waals surface area contributed by atoms with Gasteiger partial charge in [-0.15, -0.1) is 0 Å². The number of hydrogen-bond acceptors (Lipinski definition) is 4. The van der Waals surface area contributed by atoms with E-state index in [-0.39, 0.29) is 23.9 Å². The summed E-state index contributed by atoms with van der Waals surface area (Å²) in [5.74, 6) is -0.817. The van der Waals surface area contributed by atoms with E-state index in [0.29, 0.717) is 6.54 Å². The number of carbonyl (C=O) groups is 2. The zero-order chi connectivity index (χ0) is 12.0. The quantitative estimate of drug-likeness (QED) is 0.772. The molecule has 0 saturated heterocycles. The molecule has 1 amide bonds. The van der Waals surface area contributed by atoms with Gasteiger partial charge in [0.1, 0.15) is 11.4 Å². The van der Waals surface area contributed by atoms with Crippen LogP contribution in [-0.4, -0.2) is 30.0 Å². The van der Waals surface area contributed by atoms with E-state index >= 15 is 0 Å². The van der Waals surface area contributed by atoms with Gasteiger partial charge in [0, 0.05) is 6.54 Å². The van der Waals surface area contributed by atoms with Crippen LogP contribution in [0.4, 0.5) is 0 Å². The van der Waals surface area contributed by atoms with Gasteiger partial charge in [0.2, 0.25) is 0 Å². The Hall–Kier alpha value is -1.91. The molecule has 0 radical (unpaired) electrons. The fraction of sp³-hybridized carbons (Fsp3) is 0.364. The number of ether oxygens (including phenoxy) is 1. The van der Waals surface area contributed by atoms with Crippen LogP contribution in [0.5, 0.6) is 0 Å². The molecule has 0 saturated carbocycles. The molecule has 0 spiro atoms. The van der Waals surface area contributed by atoms with Gasteiger partial charge in [0.25, 0.3) is 5.91 Å². The molecule has 5 heteroatoms. The summed E-state index contributed by atoms with van der Waals surface area (Å²) in [5, 5.41) is 2.61. The first kappa shape index (κ1) is 12.2. The van der Waals surface area contributed by atoms with Crippen LogP contribution in [0.15, 0.2) is 18.2 Å². The van der Waals surface area contributed by atoms with Gasteiger partial charge in [0.15, 0.2) is 0 Å². The predicted octanol–water partition coefficient (Wildman–Crippen LogP) is 1.01. The Balaban J connectivity index is 2.86. The number of hydrogen-bond donors (Lipinski definition) is 1. The van der Waals surface area contributed by atoms with Gasteiger partial charge in [-0.05, 0) is 26.0 Å². The lowest BCUT2D eigenvalue weighted by Crippen LogP contribution is -2.24. The third kappa shape index (κ3) is 3.05. The molecule has 0 aliphatic heterocycles. The number of nitrogens with one attached hydrogen (secondary N) is 1. The maximum atomic E-state index is 11.5. The highest BCUT2D eigenvalue weighted by atomic mass is 16.5. The summed E-state index contributed by atoms with van der Waals surface area (Å²) < 4.78 is 4.79. The standard InChI is InChI=1S/C11H14N2O3/c1-3-12-10(14)8-6-5-7-9(13-8)11(15)16-4-2/h5-7H,3-4H2,1-2H3,(H,12,14). The van der Waals surface area contributed by atoms with Crippen LogP contribution in [0.1, 0.15) is 34.8 Å². The number of rotatable bonds is 4. The zero-order valence-electron chi connectivity index (χ0n) is 9.32. The van der Waals surface area contributed by atoms with Gasteiger partial charge >= 0.3 is 5.97 Å². The van der Waals surface area contributed by atoms with Crippen molar-refractivity contribution in [3.05, 3.63) is 29.6 Å². The summed E-state index contributed by atoms with van der Waals surface area (Å²) in [5.41, 5.74) is 0.359. The van der Waals surface area contributed by atoms with Crippen LogP contribution in [0, 0.1) is 0 Å². The molecule has 0 bridgehead atoms. The van der Waals surface area contributed by atoms with Crippen LogP contribution < -0.4 is 5.32 Å². The largest absolute Gasteiger partial charge is 0.461 e. The minimum absolute atomic E-state index is 0.144. The monoisotopic (exact) mass is 222 g/mol. The van der Waals surface area contributed by atoms with Gasteiger partial charge in [-0.1, -0.05) is 6.07 Å². The van der Waals surface area contributed by atoms with E-state index in [1.807, 2.05) is 6.92 Å². The van der Waals surface area contributed by atoms with Crippen molar-refractivity contribution in [3.8, 4) is 0 Å². The topological polar surface area (TPSA) is 68.3 Å². The number of nitrogens with zero attached hydrogens (tertiary/aromatic N) is 1. The van der Waals surface area contributed by atoms with Crippen molar-refractivity contribution in [2.24, 2.45) is 0 Å². The van der Waals surface area contributed by atoms with E-state index in [0.717, 1.165) is 0 Å². The fourth-order valence-electron chi connectivity index (χ4n) is 1.13. The third-order valence-electron chi connectivity index (χ3n) is 1.80. The van der Waals surface area contributed by atoms with E-state index in [9.17, 15) is 9.59 Å². The highest BCUT2D eigenvalue weighted by Crippen LogP contribution is 2.01. The summed E-state index contributed by atoms with van der Waals surface area (Å²) in [6.45, 7) is 4.33. The lowest BCUT2D eigenvalue weighted by molar-refractivity contribution is 0.0519. The summed E-state index contributed by atoms with van der Waals surface area (Å²) in [6, 6.07) is 4.66. The molecule has 1 heterocycles. The van der Waals surface area contributed by atoms with Gasteiger partial charge < -0.3 is 10.1 Å². The second kappa shape index (κ2) is 5.85. The van der Waals surface area contributed by atoms with E-state index in [2.05, 4.69) is 10.3 Å². The van der Waals surface area contributed by atoms with Gasteiger partial charge in [0.05, 0.1) is 6.61 Å². The average molecular weight is 222 g/mol. The summed E-state index contributed by atoms with van der Waals surface area (Å²) >= 11 is 0. The molecule has 1 N–H and O–H groups in total. The number of amides is 1. The molecule has 0 atom stereocenters. The molecule has 0 aliphatic carbocycles. The maximum absolute atomic E-state index is 11.5. The van der Waals surface area contributed by atoms with Crippen LogP contribution in [-0.2, 0) is 4.74 Å². The molecule has 16 heavy (non-hydrogen) atoms. The molecule has 86 valence electrons. The highest BCUT2D eigenvalue weighted by Gasteiger charge is 2.11. The zero-order valence-corrected chi connectivity index (χ0v) is 9.32. The number of esters is 1. The van der Waals surface area contributed by atoms with Crippen LogP contribution in [0.2, 0.25) is 0 Å². The minimum Gasteiger partial charge on any atom is -0.461 e. The molecule has 0 aliphatic rings. The summed E-state index contributed by atoms with van der Waals surface area (Å²) in [4.78, 5) is 26.7. The van der Waals surface area contributed by atoms with Crippen molar-refractivity contribution in [1.29, 1.82) is 0 Å². The number of aromatic nitrogens is 1. The SMILES string of the molecule is CCNC(=O)c1cccc(C(=O)OCC)n1. The number of carbonyl (C=O) groups excluding carboxylic acids is 2. The fourth-order valence-corrected chi connectivity index (χ4v) is 1.13. The van der Waals surface area contributed by atoms with Gasteiger partial charge in [-0.2, -0.15) is 0 Å². The molecule has 0 aromatic carbocycles. The second-order valence-corrected chi connectivity index (χ2v) is 2.99. The molecular weight excluding hydrogens is 208 g/mol. The van der Waals surface area contributed by atoms with Crippen LogP contribution in [0.25, 0.3) is 0 Å². The van der Waals surface area contributed by atoms with Gasteiger partial charge in [-0.25, -0.2) is 9.78 Å². The van der Waals surface area contributed by atoms with Crippen molar-refractivity contribution < 1.29 is 14.3 Å². The Morgan fingerprint density at radius 2 is 2.00 bits per heavy atom. The van der Waals surface area contributed by atoms with Crippen LogP contribution >= 0.6 is 0 Å². The molecule has 0 fully saturated rings. The van der Waals surface area contributed by atoms with Crippen molar-refractivity contribution >= 4 is 11.9 Å². The van der Waals surface area contributed by atoms with Gasteiger partial charge in [-0.3, -0.25) is 4.79 Å². The molecule has 1 rings (SSSR count). The highest BCUT2D eigenvalue weighted by molar-refractivity contribution is 5.94. The Labute approximate surface area is 93.8 Å². The first-order chi connectivity index (χ1) is 7.69. The normalized spacial score (nSPS) is 9.62. The first-order valence-corrected chi connectivity index (χ1v) is 5.11.